The minimum atomic E-state index is -0.638. The van der Waals surface area contributed by atoms with Gasteiger partial charge < -0.3 is 10.7 Å². The van der Waals surface area contributed by atoms with Crippen molar-refractivity contribution in [2.75, 3.05) is 5.73 Å². The van der Waals surface area contributed by atoms with Crippen LogP contribution in [0.5, 0.6) is 0 Å². The fourth-order valence-electron chi connectivity index (χ4n) is 2.28. The number of aromatic nitrogens is 1. The predicted octanol–water partition coefficient (Wildman–Crippen LogP) is 2.99. The number of nitrogens with two attached hydrogens (primary N) is 1. The van der Waals surface area contributed by atoms with Crippen molar-refractivity contribution in [2.45, 2.75) is 0 Å². The van der Waals surface area contributed by atoms with Gasteiger partial charge in [0.05, 0.1) is 17.3 Å². The molecule has 102 valence electrons. The number of nitriles is 1. The standard InChI is InChI=1S/C16H10FN3O/c17-12-6-9(4-5-13(12)19)16(21)11-8-20-14-3-1-2-10(7-18)15(11)14/h1-6,8,20H,19H2. The lowest BCUT2D eigenvalue weighted by Gasteiger charge is -2.03. The fraction of sp³-hybridized carbons (Fsp3) is 0. The van der Waals surface area contributed by atoms with Gasteiger partial charge in [0.1, 0.15) is 5.82 Å². The number of hydrogen-bond acceptors (Lipinski definition) is 3. The van der Waals surface area contributed by atoms with E-state index in [0.29, 0.717) is 22.0 Å². The van der Waals surface area contributed by atoms with E-state index in [2.05, 4.69) is 11.1 Å². The number of aromatic amines is 1. The van der Waals surface area contributed by atoms with E-state index >= 15 is 0 Å². The normalized spacial score (nSPS) is 10.5. The first-order valence-corrected chi connectivity index (χ1v) is 6.21. The molecular weight excluding hydrogens is 269 g/mol. The van der Waals surface area contributed by atoms with E-state index in [1.165, 1.54) is 18.3 Å². The van der Waals surface area contributed by atoms with Crippen LogP contribution >= 0.6 is 0 Å². The Labute approximate surface area is 119 Å². The van der Waals surface area contributed by atoms with Crippen LogP contribution < -0.4 is 5.73 Å². The number of anilines is 1. The van der Waals surface area contributed by atoms with Crippen LogP contribution in [0.1, 0.15) is 21.5 Å². The molecule has 0 atom stereocenters. The molecule has 0 fully saturated rings. The number of halogens is 1. The van der Waals surface area contributed by atoms with Crippen molar-refractivity contribution in [3.8, 4) is 6.07 Å². The summed E-state index contributed by atoms with van der Waals surface area (Å²) in [6, 6.07) is 11.1. The lowest BCUT2D eigenvalue weighted by molar-refractivity contribution is 0.104. The van der Waals surface area contributed by atoms with Crippen molar-refractivity contribution in [3.63, 3.8) is 0 Å². The Morgan fingerprint density at radius 2 is 2.10 bits per heavy atom. The van der Waals surface area contributed by atoms with Crippen LogP contribution in [0.4, 0.5) is 10.1 Å². The molecule has 0 spiro atoms. The third kappa shape index (κ3) is 2.03. The molecule has 3 N–H and O–H groups in total. The van der Waals surface area contributed by atoms with Gasteiger partial charge in [-0.25, -0.2) is 4.39 Å². The molecule has 0 unspecified atom stereocenters. The van der Waals surface area contributed by atoms with Gasteiger partial charge in [-0.1, -0.05) is 6.07 Å². The topological polar surface area (TPSA) is 82.7 Å². The Bertz CT molecular complexity index is 906. The van der Waals surface area contributed by atoms with Crippen molar-refractivity contribution in [3.05, 3.63) is 65.1 Å². The monoisotopic (exact) mass is 279 g/mol. The van der Waals surface area contributed by atoms with Crippen LogP contribution in [-0.2, 0) is 0 Å². The molecule has 3 rings (SSSR count). The smallest absolute Gasteiger partial charge is 0.195 e. The largest absolute Gasteiger partial charge is 0.396 e. The number of nitrogen functional groups attached to an aromatic ring is 1. The van der Waals surface area contributed by atoms with Gasteiger partial charge in [0, 0.05) is 28.2 Å². The van der Waals surface area contributed by atoms with Gasteiger partial charge in [0.2, 0.25) is 0 Å². The van der Waals surface area contributed by atoms with Crippen molar-refractivity contribution < 1.29 is 9.18 Å². The molecule has 21 heavy (non-hydrogen) atoms. The molecule has 1 heterocycles. The highest BCUT2D eigenvalue weighted by atomic mass is 19.1. The van der Waals surface area contributed by atoms with Crippen molar-refractivity contribution >= 4 is 22.4 Å². The minimum absolute atomic E-state index is 0.0109. The number of nitrogens with one attached hydrogen (secondary N) is 1. The lowest BCUT2D eigenvalue weighted by Crippen LogP contribution is -2.03. The fourth-order valence-corrected chi connectivity index (χ4v) is 2.28. The molecule has 0 bridgehead atoms. The minimum Gasteiger partial charge on any atom is -0.396 e. The number of carbonyl (C=O) groups excluding carboxylic acids is 1. The summed E-state index contributed by atoms with van der Waals surface area (Å²) < 4.78 is 13.5. The van der Waals surface area contributed by atoms with E-state index in [4.69, 9.17) is 11.0 Å². The van der Waals surface area contributed by atoms with E-state index in [-0.39, 0.29) is 17.0 Å². The zero-order valence-corrected chi connectivity index (χ0v) is 10.9. The first-order chi connectivity index (χ1) is 10.1. The molecule has 0 aliphatic carbocycles. The summed E-state index contributed by atoms with van der Waals surface area (Å²) in [6.45, 7) is 0. The maximum absolute atomic E-state index is 13.5. The maximum atomic E-state index is 13.5. The molecule has 5 heteroatoms. The number of nitrogens with zero attached hydrogens (tertiary/aromatic N) is 1. The molecule has 2 aromatic carbocycles. The second kappa shape index (κ2) is 4.76. The van der Waals surface area contributed by atoms with Crippen LogP contribution in [0.25, 0.3) is 10.9 Å². The summed E-state index contributed by atoms with van der Waals surface area (Å²) in [4.78, 5) is 15.5. The number of hydrogen-bond donors (Lipinski definition) is 2. The summed E-state index contributed by atoms with van der Waals surface area (Å²) in [6.07, 6.45) is 1.53. The Morgan fingerprint density at radius 3 is 2.81 bits per heavy atom. The third-order valence-electron chi connectivity index (χ3n) is 3.33. The highest BCUT2D eigenvalue weighted by Crippen LogP contribution is 2.25. The predicted molar refractivity (Wildman–Crippen MR) is 77.3 cm³/mol. The number of H-pyrrole nitrogens is 1. The maximum Gasteiger partial charge on any atom is 0.195 e. The average Bonchev–Trinajstić information content (AvgIpc) is 2.93. The second-order valence-corrected chi connectivity index (χ2v) is 4.61. The number of rotatable bonds is 2. The van der Waals surface area contributed by atoms with E-state index < -0.39 is 5.82 Å². The summed E-state index contributed by atoms with van der Waals surface area (Å²) in [7, 11) is 0. The van der Waals surface area contributed by atoms with Crippen LogP contribution in [-0.4, -0.2) is 10.8 Å². The zero-order valence-electron chi connectivity index (χ0n) is 10.9. The summed E-state index contributed by atoms with van der Waals surface area (Å²) >= 11 is 0. The number of fused-ring (bicyclic) bond motifs is 1. The zero-order chi connectivity index (χ0) is 15.0. The van der Waals surface area contributed by atoms with Gasteiger partial charge in [-0.3, -0.25) is 4.79 Å². The van der Waals surface area contributed by atoms with Gasteiger partial charge in [-0.05, 0) is 30.3 Å². The molecule has 0 aliphatic rings. The summed E-state index contributed by atoms with van der Waals surface area (Å²) in [5, 5.41) is 9.70. The Morgan fingerprint density at radius 1 is 1.29 bits per heavy atom. The third-order valence-corrected chi connectivity index (χ3v) is 3.33. The SMILES string of the molecule is N#Cc1cccc2[nH]cc(C(=O)c3ccc(N)c(F)c3)c12. The van der Waals surface area contributed by atoms with Crippen LogP contribution in [0.3, 0.4) is 0 Å². The number of carbonyl (C=O) groups is 1. The number of ketones is 1. The van der Waals surface area contributed by atoms with Crippen LogP contribution in [0, 0.1) is 17.1 Å². The Kier molecular flexibility index (Phi) is 2.92. The van der Waals surface area contributed by atoms with Crippen molar-refractivity contribution in [1.29, 1.82) is 5.26 Å². The molecule has 0 saturated carbocycles. The highest BCUT2D eigenvalue weighted by Gasteiger charge is 2.17. The molecule has 0 radical (unpaired) electrons. The molecule has 0 amide bonds. The van der Waals surface area contributed by atoms with Gasteiger partial charge in [-0.2, -0.15) is 5.26 Å². The molecule has 0 saturated heterocycles. The second-order valence-electron chi connectivity index (χ2n) is 4.61. The first kappa shape index (κ1) is 12.9. The molecule has 4 nitrogen and oxygen atoms in total. The molecule has 3 aromatic rings. The van der Waals surface area contributed by atoms with E-state index in [1.54, 1.807) is 18.2 Å². The lowest BCUT2D eigenvalue weighted by atomic mass is 9.99. The average molecular weight is 279 g/mol. The quantitative estimate of drug-likeness (QED) is 0.558. The van der Waals surface area contributed by atoms with Gasteiger partial charge in [0.25, 0.3) is 0 Å². The van der Waals surface area contributed by atoms with E-state index in [1.807, 2.05) is 0 Å². The van der Waals surface area contributed by atoms with Crippen LogP contribution in [0.15, 0.2) is 42.6 Å². The Hall–Kier alpha value is -3.13. The van der Waals surface area contributed by atoms with Crippen LogP contribution in [0.2, 0.25) is 0 Å². The van der Waals surface area contributed by atoms with E-state index in [9.17, 15) is 9.18 Å². The molecule has 0 aliphatic heterocycles. The Balaban J connectivity index is 2.18. The van der Waals surface area contributed by atoms with Gasteiger partial charge in [-0.15, -0.1) is 0 Å². The summed E-state index contributed by atoms with van der Waals surface area (Å²) in [5.74, 6) is -0.996. The van der Waals surface area contributed by atoms with Gasteiger partial charge in [0.15, 0.2) is 5.78 Å². The number of benzene rings is 2. The summed E-state index contributed by atoms with van der Waals surface area (Å²) in [5.41, 5.74) is 7.01. The van der Waals surface area contributed by atoms with Gasteiger partial charge >= 0.3 is 0 Å². The van der Waals surface area contributed by atoms with E-state index in [0.717, 1.165) is 6.07 Å². The highest BCUT2D eigenvalue weighted by molar-refractivity contribution is 6.17. The first-order valence-electron chi connectivity index (χ1n) is 6.21. The van der Waals surface area contributed by atoms with Crippen molar-refractivity contribution in [2.24, 2.45) is 0 Å². The molecular formula is C16H10FN3O. The molecule has 1 aromatic heterocycles. The van der Waals surface area contributed by atoms with Crippen molar-refractivity contribution in [1.82, 2.24) is 4.98 Å².